The van der Waals surface area contributed by atoms with Crippen LogP contribution in [-0.2, 0) is 4.79 Å². The normalized spacial score (nSPS) is 18.5. The van der Waals surface area contributed by atoms with Crippen molar-refractivity contribution in [2.75, 3.05) is 51.1 Å². The molecule has 136 valence electrons. The zero-order valence-corrected chi connectivity index (χ0v) is 15.5. The molecule has 0 aliphatic carbocycles. The SMILES string of the molecule is O=C(CN1CCN(C(=O)Nc2ccc(Cl)cc2Cl)CC1)N1CCCC1. The van der Waals surface area contributed by atoms with Crippen molar-refractivity contribution in [1.82, 2.24) is 14.7 Å². The molecule has 0 spiro atoms. The van der Waals surface area contributed by atoms with Gasteiger partial charge in [-0.25, -0.2) is 4.79 Å². The van der Waals surface area contributed by atoms with E-state index in [2.05, 4.69) is 10.2 Å². The number of piperazine rings is 1. The van der Waals surface area contributed by atoms with Gasteiger partial charge in [0.05, 0.1) is 17.3 Å². The number of carbonyl (C=O) groups is 2. The highest BCUT2D eigenvalue weighted by molar-refractivity contribution is 6.36. The molecule has 0 bridgehead atoms. The molecule has 0 saturated carbocycles. The molecule has 2 saturated heterocycles. The first-order chi connectivity index (χ1) is 12.0. The molecule has 8 heteroatoms. The fourth-order valence-electron chi connectivity index (χ4n) is 3.15. The monoisotopic (exact) mass is 384 g/mol. The van der Waals surface area contributed by atoms with Gasteiger partial charge in [-0.15, -0.1) is 0 Å². The predicted molar refractivity (Wildman–Crippen MR) is 99.3 cm³/mol. The number of hydrogen-bond acceptors (Lipinski definition) is 3. The summed E-state index contributed by atoms with van der Waals surface area (Å²) >= 11 is 11.9. The zero-order valence-electron chi connectivity index (χ0n) is 14.0. The third-order valence-corrected chi connectivity index (χ3v) is 5.20. The molecule has 2 aliphatic rings. The quantitative estimate of drug-likeness (QED) is 0.871. The van der Waals surface area contributed by atoms with Crippen molar-refractivity contribution in [2.45, 2.75) is 12.8 Å². The summed E-state index contributed by atoms with van der Waals surface area (Å²) in [7, 11) is 0. The van der Waals surface area contributed by atoms with Crippen LogP contribution in [0.5, 0.6) is 0 Å². The maximum absolute atomic E-state index is 12.4. The van der Waals surface area contributed by atoms with Gasteiger partial charge in [-0.3, -0.25) is 9.69 Å². The molecular formula is C17H22Cl2N4O2. The van der Waals surface area contributed by atoms with Crippen molar-refractivity contribution in [2.24, 2.45) is 0 Å². The molecule has 0 unspecified atom stereocenters. The Hall–Kier alpha value is -1.50. The lowest BCUT2D eigenvalue weighted by Crippen LogP contribution is -2.52. The van der Waals surface area contributed by atoms with Gasteiger partial charge < -0.3 is 15.1 Å². The number of anilines is 1. The Bertz CT molecular complexity index is 642. The van der Waals surface area contributed by atoms with E-state index in [4.69, 9.17) is 23.2 Å². The topological polar surface area (TPSA) is 55.9 Å². The van der Waals surface area contributed by atoms with E-state index in [1.165, 1.54) is 0 Å². The molecule has 1 aromatic rings. The standard InChI is InChI=1S/C17H22Cl2N4O2/c18-13-3-4-15(14(19)11-13)20-17(25)23-9-7-21(8-10-23)12-16(24)22-5-1-2-6-22/h3-4,11H,1-2,5-10,12H2,(H,20,25). The second-order valence-electron chi connectivity index (χ2n) is 6.41. The van der Waals surface area contributed by atoms with E-state index in [9.17, 15) is 9.59 Å². The van der Waals surface area contributed by atoms with Crippen LogP contribution >= 0.6 is 23.2 Å². The molecule has 2 aliphatic heterocycles. The fourth-order valence-corrected chi connectivity index (χ4v) is 3.61. The number of urea groups is 1. The number of nitrogens with one attached hydrogen (secondary N) is 1. The molecule has 25 heavy (non-hydrogen) atoms. The van der Waals surface area contributed by atoms with E-state index in [1.54, 1.807) is 23.1 Å². The van der Waals surface area contributed by atoms with Crippen molar-refractivity contribution in [3.63, 3.8) is 0 Å². The summed E-state index contributed by atoms with van der Waals surface area (Å²) in [6, 6.07) is 4.79. The van der Waals surface area contributed by atoms with Crippen LogP contribution < -0.4 is 5.32 Å². The Balaban J connectivity index is 1.46. The highest BCUT2D eigenvalue weighted by atomic mass is 35.5. The number of nitrogens with zero attached hydrogens (tertiary/aromatic N) is 3. The van der Waals surface area contributed by atoms with Gasteiger partial charge in [0.2, 0.25) is 5.91 Å². The van der Waals surface area contributed by atoms with Crippen molar-refractivity contribution in [3.8, 4) is 0 Å². The highest BCUT2D eigenvalue weighted by Gasteiger charge is 2.25. The van der Waals surface area contributed by atoms with Crippen molar-refractivity contribution in [3.05, 3.63) is 28.2 Å². The maximum Gasteiger partial charge on any atom is 0.321 e. The largest absolute Gasteiger partial charge is 0.342 e. The van der Waals surface area contributed by atoms with E-state index in [0.29, 0.717) is 48.5 Å². The number of carbonyl (C=O) groups excluding carboxylic acids is 2. The smallest absolute Gasteiger partial charge is 0.321 e. The minimum atomic E-state index is -0.185. The summed E-state index contributed by atoms with van der Waals surface area (Å²) in [5.74, 6) is 0.198. The van der Waals surface area contributed by atoms with E-state index >= 15 is 0 Å². The van der Waals surface area contributed by atoms with E-state index in [-0.39, 0.29) is 11.9 Å². The fraction of sp³-hybridized carbons (Fsp3) is 0.529. The van der Waals surface area contributed by atoms with Crippen LogP contribution in [0.3, 0.4) is 0 Å². The van der Waals surface area contributed by atoms with Crippen molar-refractivity contribution >= 4 is 40.8 Å². The van der Waals surface area contributed by atoms with Crippen LogP contribution in [0.4, 0.5) is 10.5 Å². The van der Waals surface area contributed by atoms with E-state index in [0.717, 1.165) is 25.9 Å². The molecule has 1 N–H and O–H groups in total. The first kappa shape index (κ1) is 18.3. The van der Waals surface area contributed by atoms with Gasteiger partial charge in [0.25, 0.3) is 0 Å². The minimum absolute atomic E-state index is 0.185. The van der Waals surface area contributed by atoms with Crippen LogP contribution in [0.2, 0.25) is 10.0 Å². The summed E-state index contributed by atoms with van der Waals surface area (Å²) in [6.45, 7) is 4.77. The van der Waals surface area contributed by atoms with Gasteiger partial charge in [0, 0.05) is 44.3 Å². The molecule has 1 aromatic carbocycles. The summed E-state index contributed by atoms with van der Waals surface area (Å²) in [6.07, 6.45) is 2.21. The maximum atomic E-state index is 12.4. The number of hydrogen-bond donors (Lipinski definition) is 1. The Morgan fingerprint density at radius 1 is 0.960 bits per heavy atom. The summed E-state index contributed by atoms with van der Waals surface area (Å²) < 4.78 is 0. The van der Waals surface area contributed by atoms with Gasteiger partial charge >= 0.3 is 6.03 Å². The second kappa shape index (κ2) is 8.25. The lowest BCUT2D eigenvalue weighted by molar-refractivity contribution is -0.131. The first-order valence-electron chi connectivity index (χ1n) is 8.54. The summed E-state index contributed by atoms with van der Waals surface area (Å²) in [5, 5.41) is 3.75. The Labute approximate surface area is 157 Å². The van der Waals surface area contributed by atoms with Gasteiger partial charge in [0.15, 0.2) is 0 Å². The average Bonchev–Trinajstić information content (AvgIpc) is 3.13. The summed E-state index contributed by atoms with van der Waals surface area (Å²) in [4.78, 5) is 30.4. The Morgan fingerprint density at radius 2 is 1.64 bits per heavy atom. The molecule has 0 radical (unpaired) electrons. The number of likely N-dealkylation sites (tertiary alicyclic amines) is 1. The molecule has 2 fully saturated rings. The second-order valence-corrected chi connectivity index (χ2v) is 7.25. The molecular weight excluding hydrogens is 363 g/mol. The van der Waals surface area contributed by atoms with Crippen LogP contribution in [0, 0.1) is 0 Å². The zero-order chi connectivity index (χ0) is 17.8. The molecule has 3 rings (SSSR count). The Kier molecular flexibility index (Phi) is 6.04. The van der Waals surface area contributed by atoms with E-state index < -0.39 is 0 Å². The number of halogens is 2. The first-order valence-corrected chi connectivity index (χ1v) is 9.29. The number of amides is 3. The number of benzene rings is 1. The van der Waals surface area contributed by atoms with Crippen LogP contribution in [-0.4, -0.2) is 72.5 Å². The molecule has 3 amide bonds. The predicted octanol–water partition coefficient (Wildman–Crippen LogP) is 2.77. The van der Waals surface area contributed by atoms with E-state index in [1.807, 2.05) is 4.90 Å². The minimum Gasteiger partial charge on any atom is -0.342 e. The third kappa shape index (κ3) is 4.77. The average molecular weight is 385 g/mol. The third-order valence-electron chi connectivity index (χ3n) is 4.65. The number of rotatable bonds is 3. The van der Waals surface area contributed by atoms with Crippen molar-refractivity contribution < 1.29 is 9.59 Å². The molecule has 0 atom stereocenters. The summed E-state index contributed by atoms with van der Waals surface area (Å²) in [5.41, 5.74) is 0.544. The van der Waals surface area contributed by atoms with Gasteiger partial charge in [-0.05, 0) is 31.0 Å². The van der Waals surface area contributed by atoms with Crippen LogP contribution in [0.25, 0.3) is 0 Å². The van der Waals surface area contributed by atoms with Gasteiger partial charge in [-0.1, -0.05) is 23.2 Å². The van der Waals surface area contributed by atoms with Crippen molar-refractivity contribution in [1.29, 1.82) is 0 Å². The lowest BCUT2D eigenvalue weighted by Gasteiger charge is -2.35. The molecule has 6 nitrogen and oxygen atoms in total. The highest BCUT2D eigenvalue weighted by Crippen LogP contribution is 2.25. The molecule has 0 aromatic heterocycles. The van der Waals surface area contributed by atoms with Gasteiger partial charge in [0.1, 0.15) is 0 Å². The van der Waals surface area contributed by atoms with Gasteiger partial charge in [-0.2, -0.15) is 0 Å². The van der Waals surface area contributed by atoms with Crippen LogP contribution in [0.1, 0.15) is 12.8 Å². The van der Waals surface area contributed by atoms with Crippen LogP contribution in [0.15, 0.2) is 18.2 Å². The lowest BCUT2D eigenvalue weighted by atomic mass is 10.3. The Morgan fingerprint density at radius 3 is 2.28 bits per heavy atom. The molecule has 2 heterocycles.